The highest BCUT2D eigenvalue weighted by Gasteiger charge is 2.22. The second-order valence-electron chi connectivity index (χ2n) is 6.03. The molecule has 23 heavy (non-hydrogen) atoms. The minimum atomic E-state index is -0.823. The molecule has 1 fully saturated rings. The van der Waals surface area contributed by atoms with Crippen LogP contribution in [0.1, 0.15) is 45.4 Å². The first kappa shape index (κ1) is 17.3. The lowest BCUT2D eigenvalue weighted by Gasteiger charge is -2.21. The molecule has 0 spiro atoms. The summed E-state index contributed by atoms with van der Waals surface area (Å²) in [6, 6.07) is 7.13. The van der Waals surface area contributed by atoms with Crippen LogP contribution in [0.15, 0.2) is 24.3 Å². The van der Waals surface area contributed by atoms with E-state index in [1.165, 1.54) is 19.3 Å². The number of para-hydroxylation sites is 2. The van der Waals surface area contributed by atoms with E-state index in [2.05, 4.69) is 5.32 Å². The number of rotatable bonds is 6. The molecule has 0 saturated heterocycles. The molecular formula is C18H25NO4. The summed E-state index contributed by atoms with van der Waals surface area (Å²) in [7, 11) is 1.54. The van der Waals surface area contributed by atoms with Crippen LogP contribution in [0.3, 0.4) is 0 Å². The van der Waals surface area contributed by atoms with Crippen LogP contribution in [-0.4, -0.2) is 25.1 Å². The van der Waals surface area contributed by atoms with Crippen molar-refractivity contribution in [3.63, 3.8) is 0 Å². The summed E-state index contributed by atoms with van der Waals surface area (Å²) in [5.41, 5.74) is 0.565. The van der Waals surface area contributed by atoms with Crippen molar-refractivity contribution in [3.05, 3.63) is 24.3 Å². The van der Waals surface area contributed by atoms with Crippen molar-refractivity contribution in [2.45, 2.75) is 51.6 Å². The minimum Gasteiger partial charge on any atom is -0.495 e. The van der Waals surface area contributed by atoms with Gasteiger partial charge in [-0.25, -0.2) is 0 Å². The number of amides is 1. The zero-order valence-corrected chi connectivity index (χ0v) is 13.8. The summed E-state index contributed by atoms with van der Waals surface area (Å²) in [5.74, 6) is 0.327. The topological polar surface area (TPSA) is 64.6 Å². The zero-order valence-electron chi connectivity index (χ0n) is 13.8. The molecule has 5 heteroatoms. The number of hydrogen-bond donors (Lipinski definition) is 1. The van der Waals surface area contributed by atoms with Gasteiger partial charge in [0.1, 0.15) is 5.75 Å². The van der Waals surface area contributed by atoms with Gasteiger partial charge >= 0.3 is 5.97 Å². The van der Waals surface area contributed by atoms with Crippen LogP contribution in [0.25, 0.3) is 0 Å². The molecule has 1 aliphatic carbocycles. The quantitative estimate of drug-likeness (QED) is 0.815. The van der Waals surface area contributed by atoms with Gasteiger partial charge in [-0.15, -0.1) is 0 Å². The summed E-state index contributed by atoms with van der Waals surface area (Å²) in [6.07, 6.45) is 5.36. The summed E-state index contributed by atoms with van der Waals surface area (Å²) in [5, 5.41) is 2.73. The smallest absolute Gasteiger partial charge is 0.306 e. The van der Waals surface area contributed by atoms with Crippen LogP contribution in [0.5, 0.6) is 5.75 Å². The number of esters is 1. The van der Waals surface area contributed by atoms with E-state index in [0.29, 0.717) is 23.8 Å². The van der Waals surface area contributed by atoms with Crippen LogP contribution in [0, 0.1) is 5.92 Å². The monoisotopic (exact) mass is 319 g/mol. The molecule has 1 aliphatic rings. The highest BCUT2D eigenvalue weighted by molar-refractivity contribution is 5.96. The first-order valence-corrected chi connectivity index (χ1v) is 8.23. The van der Waals surface area contributed by atoms with E-state index < -0.39 is 6.10 Å². The first-order valence-electron chi connectivity index (χ1n) is 8.23. The molecule has 1 atom stereocenters. The molecule has 1 aromatic rings. The highest BCUT2D eigenvalue weighted by atomic mass is 16.5. The second kappa shape index (κ2) is 8.56. The van der Waals surface area contributed by atoms with Crippen molar-refractivity contribution in [2.75, 3.05) is 12.4 Å². The molecule has 0 heterocycles. The molecule has 2 rings (SSSR count). The normalized spacial score (nSPS) is 16.4. The van der Waals surface area contributed by atoms with Crippen LogP contribution in [0.2, 0.25) is 0 Å². The Morgan fingerprint density at radius 1 is 1.22 bits per heavy atom. The Labute approximate surface area is 137 Å². The fraction of sp³-hybridized carbons (Fsp3) is 0.556. The average Bonchev–Trinajstić information content (AvgIpc) is 2.56. The molecule has 1 N–H and O–H groups in total. The molecular weight excluding hydrogens is 294 g/mol. The molecule has 1 amide bonds. The molecule has 0 radical (unpaired) electrons. The number of hydrogen-bond acceptors (Lipinski definition) is 4. The van der Waals surface area contributed by atoms with Crippen molar-refractivity contribution in [3.8, 4) is 5.75 Å². The van der Waals surface area contributed by atoms with Crippen molar-refractivity contribution in [1.82, 2.24) is 0 Å². The van der Waals surface area contributed by atoms with E-state index in [-0.39, 0.29) is 11.9 Å². The third-order valence-corrected chi connectivity index (χ3v) is 4.22. The Bertz CT molecular complexity index is 538. The Morgan fingerprint density at radius 3 is 2.61 bits per heavy atom. The third-order valence-electron chi connectivity index (χ3n) is 4.22. The lowest BCUT2D eigenvalue weighted by molar-refractivity contribution is -0.154. The van der Waals surface area contributed by atoms with Gasteiger partial charge in [0.25, 0.3) is 5.91 Å². The number of nitrogens with one attached hydrogen (secondary N) is 1. The maximum atomic E-state index is 12.2. The Morgan fingerprint density at radius 2 is 1.91 bits per heavy atom. The summed E-state index contributed by atoms with van der Waals surface area (Å²) >= 11 is 0. The maximum absolute atomic E-state index is 12.2. The van der Waals surface area contributed by atoms with E-state index in [1.54, 1.807) is 32.2 Å². The average molecular weight is 319 g/mol. The molecule has 1 saturated carbocycles. The molecule has 0 aliphatic heterocycles. The lowest BCUT2D eigenvalue weighted by Crippen LogP contribution is -2.30. The van der Waals surface area contributed by atoms with E-state index in [1.807, 2.05) is 6.07 Å². The number of ether oxygens (including phenoxy) is 2. The van der Waals surface area contributed by atoms with Gasteiger partial charge < -0.3 is 14.8 Å². The SMILES string of the molecule is COc1ccccc1NC(=O)[C@H](C)OC(=O)CC1CCCCC1. The predicted molar refractivity (Wildman–Crippen MR) is 88.4 cm³/mol. The summed E-state index contributed by atoms with van der Waals surface area (Å²) in [6.45, 7) is 1.59. The van der Waals surface area contributed by atoms with Gasteiger partial charge in [-0.2, -0.15) is 0 Å². The van der Waals surface area contributed by atoms with Gasteiger partial charge in [0.05, 0.1) is 12.8 Å². The van der Waals surface area contributed by atoms with E-state index in [4.69, 9.17) is 9.47 Å². The van der Waals surface area contributed by atoms with E-state index >= 15 is 0 Å². The maximum Gasteiger partial charge on any atom is 0.306 e. The van der Waals surface area contributed by atoms with Crippen LogP contribution in [-0.2, 0) is 14.3 Å². The Balaban J connectivity index is 1.83. The fourth-order valence-electron chi connectivity index (χ4n) is 2.91. The molecule has 1 aromatic carbocycles. The first-order chi connectivity index (χ1) is 11.1. The van der Waals surface area contributed by atoms with Crippen molar-refractivity contribution in [2.24, 2.45) is 5.92 Å². The van der Waals surface area contributed by atoms with Gasteiger partial charge in [0.15, 0.2) is 6.10 Å². The van der Waals surface area contributed by atoms with Gasteiger partial charge in [0, 0.05) is 6.42 Å². The predicted octanol–water partition coefficient (Wildman–Crippen LogP) is 3.54. The molecule has 0 bridgehead atoms. The van der Waals surface area contributed by atoms with Crippen molar-refractivity contribution >= 4 is 17.6 Å². The van der Waals surface area contributed by atoms with Gasteiger partial charge in [-0.3, -0.25) is 9.59 Å². The van der Waals surface area contributed by atoms with E-state index in [9.17, 15) is 9.59 Å². The zero-order chi connectivity index (χ0) is 16.7. The van der Waals surface area contributed by atoms with Gasteiger partial charge in [-0.1, -0.05) is 31.4 Å². The number of anilines is 1. The summed E-state index contributed by atoms with van der Waals surface area (Å²) in [4.78, 5) is 24.1. The molecule has 0 aromatic heterocycles. The van der Waals surface area contributed by atoms with Crippen LogP contribution in [0.4, 0.5) is 5.69 Å². The van der Waals surface area contributed by atoms with Crippen molar-refractivity contribution in [1.29, 1.82) is 0 Å². The number of benzene rings is 1. The van der Waals surface area contributed by atoms with Gasteiger partial charge in [-0.05, 0) is 37.8 Å². The highest BCUT2D eigenvalue weighted by Crippen LogP contribution is 2.27. The molecule has 0 unspecified atom stereocenters. The standard InChI is InChI=1S/C18H25NO4/c1-13(23-17(20)12-14-8-4-3-5-9-14)18(21)19-15-10-6-7-11-16(15)22-2/h6-7,10-11,13-14H,3-5,8-9,12H2,1-2H3,(H,19,21)/t13-/m0/s1. The number of carbonyl (C=O) groups is 2. The lowest BCUT2D eigenvalue weighted by atomic mass is 9.87. The summed E-state index contributed by atoms with van der Waals surface area (Å²) < 4.78 is 10.5. The van der Waals surface area contributed by atoms with Crippen molar-refractivity contribution < 1.29 is 19.1 Å². The van der Waals surface area contributed by atoms with Gasteiger partial charge in [0.2, 0.25) is 0 Å². The molecule has 126 valence electrons. The van der Waals surface area contributed by atoms with Crippen LogP contribution < -0.4 is 10.1 Å². The van der Waals surface area contributed by atoms with E-state index in [0.717, 1.165) is 12.8 Å². The number of carbonyl (C=O) groups excluding carboxylic acids is 2. The Hall–Kier alpha value is -2.04. The Kier molecular flexibility index (Phi) is 6.44. The molecule has 5 nitrogen and oxygen atoms in total. The largest absolute Gasteiger partial charge is 0.495 e. The van der Waals surface area contributed by atoms with Crippen LogP contribution >= 0.6 is 0 Å². The minimum absolute atomic E-state index is 0.292. The number of methoxy groups -OCH3 is 1. The second-order valence-corrected chi connectivity index (χ2v) is 6.03. The fourth-order valence-corrected chi connectivity index (χ4v) is 2.91. The third kappa shape index (κ3) is 5.27.